The number of imidazole rings is 1. The molecule has 2 fully saturated rings. The van der Waals surface area contributed by atoms with Crippen molar-refractivity contribution < 1.29 is 9.53 Å². The molecule has 9 nitrogen and oxygen atoms in total. The number of aromatic nitrogens is 3. The lowest BCUT2D eigenvalue weighted by Crippen LogP contribution is -2.58. The fourth-order valence-electron chi connectivity index (χ4n) is 6.45. The number of piperazine rings is 1. The largest absolute Gasteiger partial charge is 0.444 e. The molecule has 2 N–H and O–H groups in total. The molecule has 0 saturated carbocycles. The number of H-pyrrole nitrogens is 1. The van der Waals surface area contributed by atoms with Crippen molar-refractivity contribution in [3.05, 3.63) is 65.1 Å². The van der Waals surface area contributed by atoms with Gasteiger partial charge in [-0.1, -0.05) is 42.8 Å². The van der Waals surface area contributed by atoms with E-state index in [0.717, 1.165) is 68.5 Å². The molecule has 0 radical (unpaired) electrons. The Morgan fingerprint density at radius 2 is 1.80 bits per heavy atom. The maximum atomic E-state index is 12.3. The van der Waals surface area contributed by atoms with Crippen molar-refractivity contribution in [1.82, 2.24) is 30.1 Å². The normalized spacial score (nSPS) is 19.2. The monoisotopic (exact) mass is 621 g/mol. The predicted octanol–water partition coefficient (Wildman–Crippen LogP) is 6.45. The van der Waals surface area contributed by atoms with Gasteiger partial charge in [-0.3, -0.25) is 9.80 Å². The van der Waals surface area contributed by atoms with Crippen LogP contribution in [-0.4, -0.2) is 81.3 Å². The molecule has 2 aromatic heterocycles. The number of piperidine rings is 1. The number of ether oxygens (including phenoxy) is 1. The van der Waals surface area contributed by atoms with Gasteiger partial charge in [0, 0.05) is 62.4 Å². The van der Waals surface area contributed by atoms with E-state index in [1.165, 1.54) is 18.4 Å². The third-order valence-corrected chi connectivity index (χ3v) is 9.09. The van der Waals surface area contributed by atoms with Crippen LogP contribution >= 0.6 is 11.6 Å². The molecule has 2 aliphatic heterocycles. The second kappa shape index (κ2) is 13.5. The zero-order valence-electron chi connectivity index (χ0n) is 27.1. The van der Waals surface area contributed by atoms with Gasteiger partial charge in [-0.25, -0.2) is 14.8 Å². The first-order valence-corrected chi connectivity index (χ1v) is 16.3. The zero-order chi connectivity index (χ0) is 31.5. The average Bonchev–Trinajstić information content (AvgIpc) is 3.52. The zero-order valence-corrected chi connectivity index (χ0v) is 27.8. The number of carbonyl (C=O) groups is 1. The molecule has 0 spiro atoms. The van der Waals surface area contributed by atoms with Crippen molar-refractivity contribution in [1.29, 1.82) is 0 Å². The Balaban J connectivity index is 1.12. The average molecular weight is 622 g/mol. The number of aromatic amines is 1. The highest BCUT2D eigenvalue weighted by Crippen LogP contribution is 2.31. The molecule has 238 valence electrons. The van der Waals surface area contributed by atoms with Crippen molar-refractivity contribution in [3.8, 4) is 11.4 Å². The number of nitrogens with one attached hydrogen (secondary N) is 2. The number of nitrogens with zero attached hydrogens (tertiary/aromatic N) is 5. The van der Waals surface area contributed by atoms with Crippen LogP contribution in [0.5, 0.6) is 0 Å². The summed E-state index contributed by atoms with van der Waals surface area (Å²) in [5.74, 6) is 1.65. The van der Waals surface area contributed by atoms with Gasteiger partial charge in [0.1, 0.15) is 17.2 Å². The highest BCUT2D eigenvalue weighted by atomic mass is 35.5. The van der Waals surface area contributed by atoms with Crippen LogP contribution < -0.4 is 10.2 Å². The second-order valence-corrected chi connectivity index (χ2v) is 14.1. The first-order valence-electron chi connectivity index (χ1n) is 15.9. The van der Waals surface area contributed by atoms with E-state index in [2.05, 4.69) is 61.2 Å². The van der Waals surface area contributed by atoms with Crippen LogP contribution in [-0.2, 0) is 16.8 Å². The van der Waals surface area contributed by atoms with Crippen LogP contribution in [0.1, 0.15) is 71.9 Å². The van der Waals surface area contributed by atoms with E-state index in [1.807, 2.05) is 46.9 Å². The molecular formula is C34H48ClN7O2. The molecule has 5 rings (SSSR count). The third-order valence-electron chi connectivity index (χ3n) is 8.81. The maximum Gasteiger partial charge on any atom is 0.408 e. The van der Waals surface area contributed by atoms with Crippen molar-refractivity contribution in [2.24, 2.45) is 0 Å². The topological polar surface area (TPSA) is 89.6 Å². The van der Waals surface area contributed by atoms with Gasteiger partial charge < -0.3 is 19.9 Å². The Morgan fingerprint density at radius 1 is 1.07 bits per heavy atom. The van der Waals surface area contributed by atoms with E-state index < -0.39 is 17.2 Å². The van der Waals surface area contributed by atoms with Crippen LogP contribution in [0, 0.1) is 0 Å². The van der Waals surface area contributed by atoms with Crippen LogP contribution in [0.3, 0.4) is 0 Å². The minimum absolute atomic E-state index is 0.401. The summed E-state index contributed by atoms with van der Waals surface area (Å²) in [6, 6.07) is 11.7. The Bertz CT molecular complexity index is 1380. The van der Waals surface area contributed by atoms with Gasteiger partial charge in [0.05, 0.1) is 10.6 Å². The van der Waals surface area contributed by atoms with Gasteiger partial charge in [0.2, 0.25) is 0 Å². The van der Waals surface area contributed by atoms with Gasteiger partial charge in [-0.05, 0) is 84.2 Å². The van der Waals surface area contributed by atoms with E-state index in [0.29, 0.717) is 17.1 Å². The van der Waals surface area contributed by atoms with Gasteiger partial charge in [0.25, 0.3) is 0 Å². The number of benzene rings is 1. The highest BCUT2D eigenvalue weighted by Gasteiger charge is 2.34. The Labute approximate surface area is 267 Å². The summed E-state index contributed by atoms with van der Waals surface area (Å²) in [6.45, 7) is 17.9. The molecule has 0 aliphatic carbocycles. The quantitative estimate of drug-likeness (QED) is 0.299. The molecule has 44 heavy (non-hydrogen) atoms. The summed E-state index contributed by atoms with van der Waals surface area (Å²) < 4.78 is 5.46. The smallest absolute Gasteiger partial charge is 0.408 e. The van der Waals surface area contributed by atoms with E-state index >= 15 is 0 Å². The SMILES string of the molecule is CC[C@H]1CN(c2ncc(-c3ncc[nH]3)cc2Cl)CCN1C1CCN(Cc2ccc(C(C)(C)NC(=O)OC(C)(C)C)cc2)CC1. The number of halogens is 1. The van der Waals surface area contributed by atoms with Gasteiger partial charge in [-0.15, -0.1) is 0 Å². The fourth-order valence-corrected chi connectivity index (χ4v) is 6.73. The summed E-state index contributed by atoms with van der Waals surface area (Å²) >= 11 is 6.72. The van der Waals surface area contributed by atoms with E-state index in [9.17, 15) is 4.79 Å². The number of rotatable bonds is 8. The minimum atomic E-state index is -0.524. The molecule has 2 saturated heterocycles. The Morgan fingerprint density at radius 3 is 2.41 bits per heavy atom. The summed E-state index contributed by atoms with van der Waals surface area (Å²) in [5.41, 5.74) is 2.20. The molecule has 2 aliphatic rings. The summed E-state index contributed by atoms with van der Waals surface area (Å²) in [4.78, 5) is 32.2. The van der Waals surface area contributed by atoms with Gasteiger partial charge >= 0.3 is 6.09 Å². The van der Waals surface area contributed by atoms with Crippen molar-refractivity contribution >= 4 is 23.5 Å². The van der Waals surface area contributed by atoms with E-state index in [-0.39, 0.29) is 0 Å². The lowest BCUT2D eigenvalue weighted by Gasteiger charge is -2.47. The van der Waals surface area contributed by atoms with Gasteiger partial charge in [0.15, 0.2) is 0 Å². The van der Waals surface area contributed by atoms with Crippen LogP contribution in [0.15, 0.2) is 48.9 Å². The summed E-state index contributed by atoms with van der Waals surface area (Å²) in [6.07, 6.45) is 8.46. The molecule has 4 heterocycles. The third kappa shape index (κ3) is 7.92. The van der Waals surface area contributed by atoms with Crippen LogP contribution in [0.2, 0.25) is 5.02 Å². The van der Waals surface area contributed by atoms with Crippen LogP contribution in [0.4, 0.5) is 10.6 Å². The van der Waals surface area contributed by atoms with Gasteiger partial charge in [-0.2, -0.15) is 0 Å². The number of hydrogen-bond acceptors (Lipinski definition) is 7. The number of anilines is 1. The Kier molecular flexibility index (Phi) is 9.87. The number of pyridine rings is 1. The predicted molar refractivity (Wildman–Crippen MR) is 177 cm³/mol. The Hall–Kier alpha value is -3.14. The molecule has 1 amide bonds. The lowest BCUT2D eigenvalue weighted by atomic mass is 9.93. The molecule has 1 aromatic carbocycles. The fraction of sp³-hybridized carbons (Fsp3) is 0.559. The number of alkyl carbamates (subject to hydrolysis) is 1. The molecule has 10 heteroatoms. The maximum absolute atomic E-state index is 12.3. The van der Waals surface area contributed by atoms with Crippen molar-refractivity contribution in [2.45, 2.75) is 90.6 Å². The number of hydrogen-bond donors (Lipinski definition) is 2. The molecule has 0 unspecified atom stereocenters. The van der Waals surface area contributed by atoms with E-state index in [1.54, 1.807) is 12.4 Å². The molecule has 1 atom stereocenters. The molecular weight excluding hydrogens is 574 g/mol. The first kappa shape index (κ1) is 32.3. The van der Waals surface area contributed by atoms with Crippen molar-refractivity contribution in [2.75, 3.05) is 37.6 Å². The molecule has 3 aromatic rings. The summed E-state index contributed by atoms with van der Waals surface area (Å²) in [5, 5.41) is 3.68. The van der Waals surface area contributed by atoms with Crippen LogP contribution in [0.25, 0.3) is 11.4 Å². The molecule has 0 bridgehead atoms. The highest BCUT2D eigenvalue weighted by molar-refractivity contribution is 6.33. The number of amides is 1. The minimum Gasteiger partial charge on any atom is -0.444 e. The first-order chi connectivity index (χ1) is 20.9. The van der Waals surface area contributed by atoms with Crippen molar-refractivity contribution in [3.63, 3.8) is 0 Å². The standard InChI is InChI=1S/C34H48ClN7O2/c1-7-27-23-41(31-29(35)20-25(21-38-31)30-36-14-15-37-30)18-19-42(27)28-12-16-40(17-13-28)22-24-8-10-26(11-9-24)34(5,6)39-32(43)44-33(2,3)4/h8-11,14-15,20-21,27-28H,7,12-13,16-19,22-23H2,1-6H3,(H,36,37)(H,39,43)/t27-/m0/s1. The second-order valence-electron chi connectivity index (χ2n) is 13.7. The van der Waals surface area contributed by atoms with E-state index in [4.69, 9.17) is 21.3 Å². The number of likely N-dealkylation sites (tertiary alicyclic amines) is 1. The lowest BCUT2D eigenvalue weighted by molar-refractivity contribution is 0.0470. The number of carbonyl (C=O) groups excluding carboxylic acids is 1. The summed E-state index contributed by atoms with van der Waals surface area (Å²) in [7, 11) is 0.